The van der Waals surface area contributed by atoms with Crippen molar-refractivity contribution in [2.24, 2.45) is 5.92 Å². The SMILES string of the molecule is CCCCCNC(=O)[C@@H]1CS[C@H](CCC)N1C(=O)C1CC1. The number of hydrogen-bond acceptors (Lipinski definition) is 3. The van der Waals surface area contributed by atoms with Crippen LogP contribution in [0.3, 0.4) is 0 Å². The highest BCUT2D eigenvalue weighted by Gasteiger charge is 2.45. The molecule has 2 amide bonds. The second-order valence-electron chi connectivity index (χ2n) is 6.11. The van der Waals surface area contributed by atoms with E-state index in [-0.39, 0.29) is 29.1 Å². The first-order valence-corrected chi connectivity index (χ1v) is 9.45. The molecule has 1 saturated heterocycles. The van der Waals surface area contributed by atoms with Crippen molar-refractivity contribution in [3.63, 3.8) is 0 Å². The molecular formula is C16H28N2O2S. The second-order valence-corrected chi connectivity index (χ2v) is 7.32. The third-order valence-electron chi connectivity index (χ3n) is 4.19. The zero-order valence-corrected chi connectivity index (χ0v) is 14.1. The molecule has 0 aromatic rings. The number of thioether (sulfide) groups is 1. The molecule has 5 heteroatoms. The number of amides is 2. The van der Waals surface area contributed by atoms with Crippen molar-refractivity contribution in [2.75, 3.05) is 12.3 Å². The normalized spacial score (nSPS) is 25.1. The lowest BCUT2D eigenvalue weighted by atomic mass is 10.2. The fraction of sp³-hybridized carbons (Fsp3) is 0.875. The first-order chi connectivity index (χ1) is 10.2. The van der Waals surface area contributed by atoms with Gasteiger partial charge in [-0.2, -0.15) is 0 Å². The Morgan fingerprint density at radius 3 is 2.57 bits per heavy atom. The third-order valence-corrected chi connectivity index (χ3v) is 5.55. The lowest BCUT2D eigenvalue weighted by molar-refractivity contribution is -0.140. The Balaban J connectivity index is 1.92. The molecule has 1 N–H and O–H groups in total. The average molecular weight is 312 g/mol. The van der Waals surface area contributed by atoms with Gasteiger partial charge in [0.15, 0.2) is 0 Å². The number of nitrogens with one attached hydrogen (secondary N) is 1. The molecule has 2 atom stereocenters. The molecule has 1 saturated carbocycles. The maximum Gasteiger partial charge on any atom is 0.243 e. The van der Waals surface area contributed by atoms with Crippen LogP contribution in [0.5, 0.6) is 0 Å². The number of unbranched alkanes of at least 4 members (excludes halogenated alkanes) is 2. The van der Waals surface area contributed by atoms with Crippen molar-refractivity contribution in [3.8, 4) is 0 Å². The van der Waals surface area contributed by atoms with Gasteiger partial charge in [0.25, 0.3) is 0 Å². The molecular weight excluding hydrogens is 284 g/mol. The van der Waals surface area contributed by atoms with Crippen molar-refractivity contribution in [1.82, 2.24) is 10.2 Å². The lowest BCUT2D eigenvalue weighted by Gasteiger charge is -2.28. The summed E-state index contributed by atoms with van der Waals surface area (Å²) in [5, 5.41) is 3.22. The molecule has 1 heterocycles. The monoisotopic (exact) mass is 312 g/mol. The summed E-state index contributed by atoms with van der Waals surface area (Å²) in [4.78, 5) is 26.8. The van der Waals surface area contributed by atoms with Gasteiger partial charge in [-0.05, 0) is 25.7 Å². The number of carbonyl (C=O) groups is 2. The van der Waals surface area contributed by atoms with Crippen LogP contribution in [0, 0.1) is 5.92 Å². The Morgan fingerprint density at radius 2 is 1.95 bits per heavy atom. The lowest BCUT2D eigenvalue weighted by Crippen LogP contribution is -2.50. The number of hydrogen-bond donors (Lipinski definition) is 1. The minimum absolute atomic E-state index is 0.0474. The third kappa shape index (κ3) is 4.38. The summed E-state index contributed by atoms with van der Waals surface area (Å²) in [6.07, 6.45) is 7.37. The van der Waals surface area contributed by atoms with Gasteiger partial charge in [0.1, 0.15) is 6.04 Å². The van der Waals surface area contributed by atoms with E-state index >= 15 is 0 Å². The molecule has 120 valence electrons. The van der Waals surface area contributed by atoms with Gasteiger partial charge in [0.2, 0.25) is 11.8 Å². The Bertz CT molecular complexity index is 371. The highest BCUT2D eigenvalue weighted by Crippen LogP contribution is 2.39. The fourth-order valence-corrected chi connectivity index (χ4v) is 4.31. The molecule has 1 aliphatic carbocycles. The summed E-state index contributed by atoms with van der Waals surface area (Å²) < 4.78 is 0. The van der Waals surface area contributed by atoms with Crippen LogP contribution in [-0.2, 0) is 9.59 Å². The van der Waals surface area contributed by atoms with E-state index in [1.54, 1.807) is 11.8 Å². The average Bonchev–Trinajstić information content (AvgIpc) is 3.24. The minimum atomic E-state index is -0.249. The van der Waals surface area contributed by atoms with Gasteiger partial charge in [0.05, 0.1) is 5.37 Å². The van der Waals surface area contributed by atoms with Crippen molar-refractivity contribution >= 4 is 23.6 Å². The van der Waals surface area contributed by atoms with Gasteiger partial charge >= 0.3 is 0 Å². The van der Waals surface area contributed by atoms with Gasteiger partial charge < -0.3 is 10.2 Å². The van der Waals surface area contributed by atoms with Crippen LogP contribution in [0.2, 0.25) is 0 Å². The quantitative estimate of drug-likeness (QED) is 0.701. The largest absolute Gasteiger partial charge is 0.354 e. The zero-order chi connectivity index (χ0) is 15.2. The summed E-state index contributed by atoms with van der Waals surface area (Å²) in [6, 6.07) is -0.249. The highest BCUT2D eigenvalue weighted by molar-refractivity contribution is 8.00. The molecule has 2 rings (SSSR count). The first-order valence-electron chi connectivity index (χ1n) is 8.40. The predicted molar refractivity (Wildman–Crippen MR) is 87.0 cm³/mol. The summed E-state index contributed by atoms with van der Waals surface area (Å²) in [5.74, 6) is 1.21. The summed E-state index contributed by atoms with van der Waals surface area (Å²) >= 11 is 1.77. The Morgan fingerprint density at radius 1 is 1.19 bits per heavy atom. The van der Waals surface area contributed by atoms with Crippen LogP contribution in [-0.4, -0.2) is 40.4 Å². The van der Waals surface area contributed by atoms with Crippen molar-refractivity contribution in [3.05, 3.63) is 0 Å². The summed E-state index contributed by atoms with van der Waals surface area (Å²) in [5.41, 5.74) is 0. The molecule has 4 nitrogen and oxygen atoms in total. The van der Waals surface area contributed by atoms with Crippen LogP contribution in [0.25, 0.3) is 0 Å². The minimum Gasteiger partial charge on any atom is -0.354 e. The van der Waals surface area contributed by atoms with E-state index in [0.717, 1.165) is 57.2 Å². The second kappa shape index (κ2) is 8.06. The Hall–Kier alpha value is -0.710. The van der Waals surface area contributed by atoms with E-state index < -0.39 is 0 Å². The molecule has 2 fully saturated rings. The van der Waals surface area contributed by atoms with Gasteiger partial charge in [-0.1, -0.05) is 33.1 Å². The topological polar surface area (TPSA) is 49.4 Å². The van der Waals surface area contributed by atoms with Gasteiger partial charge in [-0.3, -0.25) is 9.59 Å². The first kappa shape index (κ1) is 16.7. The van der Waals surface area contributed by atoms with E-state index in [9.17, 15) is 9.59 Å². The molecule has 0 radical (unpaired) electrons. The van der Waals surface area contributed by atoms with E-state index in [1.165, 1.54) is 0 Å². The summed E-state index contributed by atoms with van der Waals surface area (Å²) in [7, 11) is 0. The fourth-order valence-electron chi connectivity index (χ4n) is 2.78. The van der Waals surface area contributed by atoms with E-state index in [0.29, 0.717) is 0 Å². The molecule has 0 unspecified atom stereocenters. The Kier molecular flexibility index (Phi) is 6.40. The van der Waals surface area contributed by atoms with Crippen molar-refractivity contribution in [1.29, 1.82) is 0 Å². The van der Waals surface area contributed by atoms with Crippen LogP contribution in [0.1, 0.15) is 58.8 Å². The van der Waals surface area contributed by atoms with Crippen LogP contribution < -0.4 is 5.32 Å². The smallest absolute Gasteiger partial charge is 0.243 e. The number of nitrogens with zero attached hydrogens (tertiary/aromatic N) is 1. The molecule has 1 aliphatic heterocycles. The van der Waals surface area contributed by atoms with E-state index in [4.69, 9.17) is 0 Å². The van der Waals surface area contributed by atoms with E-state index in [1.807, 2.05) is 4.90 Å². The van der Waals surface area contributed by atoms with Gasteiger partial charge in [0, 0.05) is 18.2 Å². The highest BCUT2D eigenvalue weighted by atomic mass is 32.2. The Labute approximate surface area is 132 Å². The van der Waals surface area contributed by atoms with E-state index in [2.05, 4.69) is 19.2 Å². The van der Waals surface area contributed by atoms with Crippen molar-refractivity contribution in [2.45, 2.75) is 70.2 Å². The van der Waals surface area contributed by atoms with Crippen LogP contribution >= 0.6 is 11.8 Å². The maximum atomic E-state index is 12.5. The molecule has 21 heavy (non-hydrogen) atoms. The number of rotatable bonds is 8. The number of carbonyl (C=O) groups excluding carboxylic acids is 2. The van der Waals surface area contributed by atoms with Crippen LogP contribution in [0.15, 0.2) is 0 Å². The maximum absolute atomic E-state index is 12.5. The molecule has 2 aliphatic rings. The van der Waals surface area contributed by atoms with Crippen molar-refractivity contribution < 1.29 is 9.59 Å². The molecule has 0 spiro atoms. The standard InChI is InChI=1S/C16H28N2O2S/c1-3-5-6-10-17-15(19)13-11-21-14(7-4-2)18(13)16(20)12-8-9-12/h12-14H,3-11H2,1-2H3,(H,17,19)/t13-,14+/m0/s1. The van der Waals surface area contributed by atoms with Crippen LogP contribution in [0.4, 0.5) is 0 Å². The molecule has 0 aromatic carbocycles. The predicted octanol–water partition coefficient (Wildman–Crippen LogP) is 2.77. The summed E-state index contributed by atoms with van der Waals surface area (Å²) in [6.45, 7) is 5.02. The zero-order valence-electron chi connectivity index (χ0n) is 13.3. The molecule has 0 aromatic heterocycles. The van der Waals surface area contributed by atoms with Gasteiger partial charge in [-0.15, -0.1) is 11.8 Å². The molecule has 0 bridgehead atoms. The van der Waals surface area contributed by atoms with Gasteiger partial charge in [-0.25, -0.2) is 0 Å².